The van der Waals surface area contributed by atoms with Crippen LogP contribution in [0, 0.1) is 11.3 Å². The molecule has 0 bridgehead atoms. The normalized spacial score (nSPS) is 11.9. The average molecular weight is 407 g/mol. The molecule has 0 amide bonds. The third kappa shape index (κ3) is 3.33. The second kappa shape index (κ2) is 7.38. The predicted octanol–water partition coefficient (Wildman–Crippen LogP) is 4.50. The Kier molecular flexibility index (Phi) is 4.77. The number of carbonyl (C=O) groups excluding carboxylic acids is 1. The van der Waals surface area contributed by atoms with Gasteiger partial charge in [-0.25, -0.2) is 9.78 Å². The molecule has 138 valence electrons. The number of ether oxygens (including phenoxy) is 1. The van der Waals surface area contributed by atoms with Gasteiger partial charge in [0.25, 0.3) is 5.56 Å². The van der Waals surface area contributed by atoms with Crippen molar-refractivity contribution in [2.75, 3.05) is 0 Å². The number of nitrogens with zero attached hydrogens (tertiary/aromatic N) is 2. The van der Waals surface area contributed by atoms with Crippen LogP contribution in [-0.2, 0) is 4.74 Å². The quantitative estimate of drug-likeness (QED) is 0.502. The molecule has 0 saturated carbocycles. The summed E-state index contributed by atoms with van der Waals surface area (Å²) >= 11 is 2.93. The summed E-state index contributed by atoms with van der Waals surface area (Å²) in [4.78, 5) is 33.8. The van der Waals surface area contributed by atoms with Crippen LogP contribution in [0.2, 0.25) is 0 Å². The number of nitrogens with one attached hydrogen (secondary N) is 1. The molecule has 3 heterocycles. The van der Waals surface area contributed by atoms with Gasteiger partial charge in [0.2, 0.25) is 0 Å². The minimum Gasteiger partial charge on any atom is -0.451 e. The van der Waals surface area contributed by atoms with Gasteiger partial charge in [0, 0.05) is 15.8 Å². The van der Waals surface area contributed by atoms with Crippen molar-refractivity contribution in [1.82, 2.24) is 9.97 Å². The number of H-pyrrole nitrogens is 1. The van der Waals surface area contributed by atoms with Crippen LogP contribution in [-0.4, -0.2) is 15.9 Å². The largest absolute Gasteiger partial charge is 0.451 e. The molecule has 3 aromatic heterocycles. The molecule has 0 unspecified atom stereocenters. The molecule has 0 saturated heterocycles. The molecule has 1 N–H and O–H groups in total. The van der Waals surface area contributed by atoms with Crippen LogP contribution in [0.3, 0.4) is 0 Å². The Balaban J connectivity index is 1.63. The van der Waals surface area contributed by atoms with Crippen LogP contribution in [0.5, 0.6) is 0 Å². The third-order valence-corrected chi connectivity index (χ3v) is 5.92. The first kappa shape index (κ1) is 18.1. The first-order chi connectivity index (χ1) is 13.6. The molecule has 6 nitrogen and oxygen atoms in total. The number of rotatable bonds is 4. The maximum absolute atomic E-state index is 12.7. The zero-order valence-corrected chi connectivity index (χ0v) is 16.3. The van der Waals surface area contributed by atoms with E-state index in [9.17, 15) is 9.59 Å². The Labute approximate surface area is 167 Å². The molecule has 0 radical (unpaired) electrons. The minimum absolute atomic E-state index is 0.265. The molecule has 8 heteroatoms. The second-order valence-electron chi connectivity index (χ2n) is 6.00. The van der Waals surface area contributed by atoms with Crippen LogP contribution in [0.1, 0.15) is 34.8 Å². The van der Waals surface area contributed by atoms with Gasteiger partial charge in [0.15, 0.2) is 11.9 Å². The number of hydrogen-bond donors (Lipinski definition) is 1. The van der Waals surface area contributed by atoms with Gasteiger partial charge in [0.05, 0.1) is 22.6 Å². The van der Waals surface area contributed by atoms with Gasteiger partial charge < -0.3 is 9.72 Å². The SMILES string of the molecule is C[C@@H](OC(=O)c1cccc(C#N)c1)c1nc2scc(-c3cccs3)c2c(=O)[nH]1. The third-order valence-electron chi connectivity index (χ3n) is 4.15. The van der Waals surface area contributed by atoms with Gasteiger partial charge in [-0.15, -0.1) is 22.7 Å². The maximum Gasteiger partial charge on any atom is 0.338 e. The molecule has 0 aliphatic carbocycles. The summed E-state index contributed by atoms with van der Waals surface area (Å²) in [7, 11) is 0. The van der Waals surface area contributed by atoms with E-state index in [0.29, 0.717) is 15.8 Å². The molecule has 0 spiro atoms. The fourth-order valence-corrected chi connectivity index (χ4v) is 4.54. The van der Waals surface area contributed by atoms with Crippen molar-refractivity contribution in [2.45, 2.75) is 13.0 Å². The molecule has 4 rings (SSSR count). The van der Waals surface area contributed by atoms with Crippen molar-refractivity contribution in [2.24, 2.45) is 0 Å². The van der Waals surface area contributed by atoms with Crippen molar-refractivity contribution in [1.29, 1.82) is 5.26 Å². The molecule has 4 aromatic rings. The van der Waals surface area contributed by atoms with E-state index in [1.54, 1.807) is 36.5 Å². The van der Waals surface area contributed by atoms with Crippen molar-refractivity contribution in [3.8, 4) is 16.5 Å². The smallest absolute Gasteiger partial charge is 0.338 e. The zero-order chi connectivity index (χ0) is 19.7. The highest BCUT2D eigenvalue weighted by Gasteiger charge is 2.19. The van der Waals surface area contributed by atoms with Crippen molar-refractivity contribution >= 4 is 38.9 Å². The Morgan fingerprint density at radius 3 is 2.89 bits per heavy atom. The molecule has 0 aliphatic heterocycles. The lowest BCUT2D eigenvalue weighted by atomic mass is 10.1. The number of hydrogen-bond acceptors (Lipinski definition) is 7. The van der Waals surface area contributed by atoms with Crippen LogP contribution in [0.25, 0.3) is 20.7 Å². The fraction of sp³-hybridized carbons (Fsp3) is 0.100. The van der Waals surface area contributed by atoms with Crippen molar-refractivity contribution in [3.63, 3.8) is 0 Å². The van der Waals surface area contributed by atoms with E-state index in [4.69, 9.17) is 10.00 Å². The van der Waals surface area contributed by atoms with Crippen LogP contribution < -0.4 is 5.56 Å². The number of thiophene rings is 2. The lowest BCUT2D eigenvalue weighted by Gasteiger charge is -2.12. The molecule has 1 aromatic carbocycles. The molecular formula is C20H13N3O3S2. The molecule has 1 atom stereocenters. The summed E-state index contributed by atoms with van der Waals surface area (Å²) in [5, 5.41) is 13.4. The molecule has 28 heavy (non-hydrogen) atoms. The summed E-state index contributed by atoms with van der Waals surface area (Å²) in [5.74, 6) is -0.306. The lowest BCUT2D eigenvalue weighted by molar-refractivity contribution is 0.0320. The summed E-state index contributed by atoms with van der Waals surface area (Å²) in [6.07, 6.45) is -0.748. The first-order valence-corrected chi connectivity index (χ1v) is 10.1. The number of carbonyl (C=O) groups is 1. The number of aromatic amines is 1. The highest BCUT2D eigenvalue weighted by molar-refractivity contribution is 7.18. The van der Waals surface area contributed by atoms with Gasteiger partial charge >= 0.3 is 5.97 Å². The van der Waals surface area contributed by atoms with E-state index < -0.39 is 12.1 Å². The Morgan fingerprint density at radius 2 is 2.14 bits per heavy atom. The Bertz CT molecular complexity index is 1270. The summed E-state index contributed by atoms with van der Waals surface area (Å²) in [6, 6.07) is 12.1. The first-order valence-electron chi connectivity index (χ1n) is 8.33. The van der Waals surface area contributed by atoms with Gasteiger partial charge in [-0.05, 0) is 36.6 Å². The summed E-state index contributed by atoms with van der Waals surface area (Å²) in [6.45, 7) is 1.64. The number of benzene rings is 1. The highest BCUT2D eigenvalue weighted by Crippen LogP contribution is 2.33. The van der Waals surface area contributed by atoms with E-state index in [1.807, 2.05) is 29.0 Å². The van der Waals surface area contributed by atoms with Gasteiger partial charge in [-0.1, -0.05) is 12.1 Å². The number of esters is 1. The minimum atomic E-state index is -0.748. The van der Waals surface area contributed by atoms with E-state index in [1.165, 1.54) is 17.4 Å². The number of aromatic nitrogens is 2. The number of nitriles is 1. The summed E-state index contributed by atoms with van der Waals surface area (Å²) in [5.41, 5.74) is 1.23. The Morgan fingerprint density at radius 1 is 1.29 bits per heavy atom. The van der Waals surface area contributed by atoms with Crippen LogP contribution in [0.4, 0.5) is 0 Å². The lowest BCUT2D eigenvalue weighted by Crippen LogP contribution is -2.17. The van der Waals surface area contributed by atoms with Gasteiger partial charge in [-0.3, -0.25) is 4.79 Å². The topological polar surface area (TPSA) is 95.8 Å². The van der Waals surface area contributed by atoms with Crippen LogP contribution in [0.15, 0.2) is 52.0 Å². The maximum atomic E-state index is 12.7. The summed E-state index contributed by atoms with van der Waals surface area (Å²) < 4.78 is 5.43. The van der Waals surface area contributed by atoms with E-state index >= 15 is 0 Å². The van der Waals surface area contributed by atoms with Gasteiger partial charge in [-0.2, -0.15) is 5.26 Å². The average Bonchev–Trinajstić information content (AvgIpc) is 3.37. The van der Waals surface area contributed by atoms with E-state index in [-0.39, 0.29) is 16.9 Å². The molecule has 0 fully saturated rings. The van der Waals surface area contributed by atoms with E-state index in [2.05, 4.69) is 9.97 Å². The standard InChI is InChI=1S/C20H13N3O3S2/c1-11(26-20(25)13-5-2-4-12(8-13)9-21)17-22-18(24)16-14(10-28-19(16)23-17)15-6-3-7-27-15/h2-8,10-11H,1H3,(H,22,23,24)/t11-/m1/s1. The van der Waals surface area contributed by atoms with Crippen molar-refractivity contribution < 1.29 is 9.53 Å². The van der Waals surface area contributed by atoms with Crippen LogP contribution >= 0.6 is 22.7 Å². The van der Waals surface area contributed by atoms with E-state index in [0.717, 1.165) is 10.4 Å². The molecule has 0 aliphatic rings. The fourth-order valence-electron chi connectivity index (χ4n) is 2.77. The number of fused-ring (bicyclic) bond motifs is 1. The Hall–Kier alpha value is -3.28. The van der Waals surface area contributed by atoms with Crippen molar-refractivity contribution in [3.05, 3.63) is 74.5 Å². The predicted molar refractivity (Wildman–Crippen MR) is 109 cm³/mol. The van der Waals surface area contributed by atoms with Gasteiger partial charge in [0.1, 0.15) is 4.83 Å². The second-order valence-corrected chi connectivity index (χ2v) is 7.80. The molecular weight excluding hydrogens is 394 g/mol. The monoisotopic (exact) mass is 407 g/mol. The highest BCUT2D eigenvalue weighted by atomic mass is 32.1. The zero-order valence-electron chi connectivity index (χ0n) is 14.6.